The smallest absolute Gasteiger partial charge is 0.220 e. The summed E-state index contributed by atoms with van der Waals surface area (Å²) in [7, 11) is 0. The van der Waals surface area contributed by atoms with Crippen LogP contribution < -0.4 is 11.1 Å². The first kappa shape index (κ1) is 17.5. The van der Waals surface area contributed by atoms with Crippen molar-refractivity contribution in [2.24, 2.45) is 5.73 Å². The number of benzene rings is 1. The summed E-state index contributed by atoms with van der Waals surface area (Å²) in [4.78, 5) is 11.5. The summed E-state index contributed by atoms with van der Waals surface area (Å²) in [6.07, 6.45) is 1.14. The lowest BCUT2D eigenvalue weighted by Gasteiger charge is -2.14. The molecule has 0 aliphatic heterocycles. The highest BCUT2D eigenvalue weighted by Gasteiger charge is 2.10. The van der Waals surface area contributed by atoms with Gasteiger partial charge in [0.25, 0.3) is 0 Å². The zero-order valence-electron chi connectivity index (χ0n) is 10.1. The van der Waals surface area contributed by atoms with Gasteiger partial charge in [-0.05, 0) is 37.6 Å². The van der Waals surface area contributed by atoms with E-state index in [-0.39, 0.29) is 24.4 Å². The van der Waals surface area contributed by atoms with Crippen molar-refractivity contribution in [3.8, 4) is 0 Å². The first-order chi connectivity index (χ1) is 8.04. The van der Waals surface area contributed by atoms with Gasteiger partial charge in [-0.1, -0.05) is 29.3 Å². The Morgan fingerprint density at radius 2 is 2.06 bits per heavy atom. The van der Waals surface area contributed by atoms with Crippen molar-refractivity contribution in [1.82, 2.24) is 5.32 Å². The average molecular weight is 312 g/mol. The van der Waals surface area contributed by atoms with Gasteiger partial charge in [-0.2, -0.15) is 0 Å². The van der Waals surface area contributed by atoms with Crippen LogP contribution in [0.2, 0.25) is 10.0 Å². The molecule has 0 aliphatic rings. The Bertz CT molecular complexity index is 399. The molecular formula is C12H17Cl3N2O. The zero-order chi connectivity index (χ0) is 12.8. The molecule has 1 aromatic carbocycles. The van der Waals surface area contributed by atoms with Crippen LogP contribution >= 0.6 is 35.6 Å². The minimum Gasteiger partial charge on any atom is -0.350 e. The molecule has 102 valence electrons. The van der Waals surface area contributed by atoms with Crippen molar-refractivity contribution in [2.75, 3.05) is 6.54 Å². The highest BCUT2D eigenvalue weighted by Crippen LogP contribution is 2.25. The predicted octanol–water partition coefficient (Wildman–Crippen LogP) is 3.33. The number of carbonyl (C=O) groups excluding carboxylic acids is 1. The van der Waals surface area contributed by atoms with Crippen molar-refractivity contribution in [2.45, 2.75) is 25.8 Å². The van der Waals surface area contributed by atoms with E-state index in [1.165, 1.54) is 0 Å². The Hall–Kier alpha value is -0.480. The lowest BCUT2D eigenvalue weighted by molar-refractivity contribution is -0.121. The van der Waals surface area contributed by atoms with Gasteiger partial charge in [0.15, 0.2) is 0 Å². The van der Waals surface area contributed by atoms with E-state index < -0.39 is 0 Å². The van der Waals surface area contributed by atoms with E-state index >= 15 is 0 Å². The van der Waals surface area contributed by atoms with Crippen LogP contribution in [0.3, 0.4) is 0 Å². The van der Waals surface area contributed by atoms with Crippen LogP contribution in [0.25, 0.3) is 0 Å². The molecule has 1 aromatic rings. The molecule has 1 atom stereocenters. The number of halogens is 3. The van der Waals surface area contributed by atoms with E-state index in [1.807, 2.05) is 13.0 Å². The average Bonchev–Trinajstić information content (AvgIpc) is 2.30. The van der Waals surface area contributed by atoms with Crippen LogP contribution in [0.5, 0.6) is 0 Å². The molecule has 0 aliphatic carbocycles. The van der Waals surface area contributed by atoms with Crippen LogP contribution in [0.4, 0.5) is 0 Å². The molecule has 0 bridgehead atoms. The highest BCUT2D eigenvalue weighted by molar-refractivity contribution is 6.42. The molecule has 0 spiro atoms. The summed E-state index contributed by atoms with van der Waals surface area (Å²) in [5.74, 6) is -0.00553. The number of carbonyl (C=O) groups is 1. The van der Waals surface area contributed by atoms with Crippen LogP contribution in [-0.2, 0) is 4.79 Å². The number of rotatable bonds is 5. The van der Waals surface area contributed by atoms with E-state index in [0.717, 1.165) is 5.56 Å². The Labute approximate surface area is 123 Å². The fourth-order valence-electron chi connectivity index (χ4n) is 1.44. The first-order valence-corrected chi connectivity index (χ1v) is 6.24. The van der Waals surface area contributed by atoms with Crippen molar-refractivity contribution in [3.05, 3.63) is 33.8 Å². The molecule has 0 radical (unpaired) electrons. The van der Waals surface area contributed by atoms with Gasteiger partial charge in [-0.25, -0.2) is 0 Å². The second-order valence-corrected chi connectivity index (χ2v) is 4.67. The maximum absolute atomic E-state index is 11.5. The third-order valence-electron chi connectivity index (χ3n) is 2.43. The van der Waals surface area contributed by atoms with E-state index in [1.54, 1.807) is 12.1 Å². The topological polar surface area (TPSA) is 55.1 Å². The van der Waals surface area contributed by atoms with E-state index in [2.05, 4.69) is 5.32 Å². The fraction of sp³-hybridized carbons (Fsp3) is 0.417. The largest absolute Gasteiger partial charge is 0.350 e. The molecule has 0 fully saturated rings. The Morgan fingerprint density at radius 1 is 1.39 bits per heavy atom. The fourth-order valence-corrected chi connectivity index (χ4v) is 1.75. The molecule has 1 rings (SSSR count). The predicted molar refractivity (Wildman–Crippen MR) is 78.6 cm³/mol. The number of nitrogens with one attached hydrogen (secondary N) is 1. The minimum absolute atomic E-state index is 0. The molecule has 6 heteroatoms. The van der Waals surface area contributed by atoms with Gasteiger partial charge in [0.1, 0.15) is 0 Å². The van der Waals surface area contributed by atoms with Gasteiger partial charge < -0.3 is 11.1 Å². The van der Waals surface area contributed by atoms with E-state index in [0.29, 0.717) is 29.4 Å². The van der Waals surface area contributed by atoms with Gasteiger partial charge >= 0.3 is 0 Å². The molecule has 1 amide bonds. The maximum Gasteiger partial charge on any atom is 0.220 e. The molecule has 0 heterocycles. The highest BCUT2D eigenvalue weighted by atomic mass is 35.5. The van der Waals surface area contributed by atoms with Crippen LogP contribution in [-0.4, -0.2) is 12.5 Å². The molecule has 3 nitrogen and oxygen atoms in total. The standard InChI is InChI=1S/C12H16Cl2N2O.ClH/c1-8(16-12(17)3-2-6-15)9-4-5-10(13)11(14)7-9;/h4-5,7-8H,2-3,6,15H2,1H3,(H,16,17);1H. The molecule has 0 aromatic heterocycles. The van der Waals surface area contributed by atoms with Gasteiger partial charge in [0, 0.05) is 6.42 Å². The lowest BCUT2D eigenvalue weighted by Crippen LogP contribution is -2.26. The quantitative estimate of drug-likeness (QED) is 0.876. The molecule has 3 N–H and O–H groups in total. The number of nitrogens with two attached hydrogens (primary N) is 1. The normalized spacial score (nSPS) is 11.6. The van der Waals surface area contributed by atoms with Gasteiger partial charge in [0.2, 0.25) is 5.91 Å². The first-order valence-electron chi connectivity index (χ1n) is 5.49. The Balaban J connectivity index is 0.00000289. The summed E-state index contributed by atoms with van der Waals surface area (Å²) in [5, 5.41) is 3.89. The number of hydrogen-bond acceptors (Lipinski definition) is 2. The lowest BCUT2D eigenvalue weighted by atomic mass is 10.1. The zero-order valence-corrected chi connectivity index (χ0v) is 12.4. The maximum atomic E-state index is 11.5. The van der Waals surface area contributed by atoms with Crippen molar-refractivity contribution >= 4 is 41.5 Å². The Kier molecular flexibility index (Phi) is 8.36. The number of hydrogen-bond donors (Lipinski definition) is 2. The summed E-state index contributed by atoms with van der Waals surface area (Å²) in [5.41, 5.74) is 6.27. The van der Waals surface area contributed by atoms with Crippen LogP contribution in [0, 0.1) is 0 Å². The SMILES string of the molecule is CC(NC(=O)CCCN)c1ccc(Cl)c(Cl)c1.Cl. The molecule has 0 saturated heterocycles. The monoisotopic (exact) mass is 310 g/mol. The summed E-state index contributed by atoms with van der Waals surface area (Å²) in [6, 6.07) is 5.25. The molecule has 18 heavy (non-hydrogen) atoms. The Morgan fingerprint density at radius 3 is 2.61 bits per heavy atom. The third kappa shape index (κ3) is 5.44. The summed E-state index contributed by atoms with van der Waals surface area (Å²) < 4.78 is 0. The minimum atomic E-state index is -0.0879. The van der Waals surface area contributed by atoms with Crippen LogP contribution in [0.1, 0.15) is 31.4 Å². The third-order valence-corrected chi connectivity index (χ3v) is 3.17. The van der Waals surface area contributed by atoms with Crippen LogP contribution in [0.15, 0.2) is 18.2 Å². The number of amides is 1. The van der Waals surface area contributed by atoms with E-state index in [4.69, 9.17) is 28.9 Å². The van der Waals surface area contributed by atoms with Gasteiger partial charge in [-0.3, -0.25) is 4.79 Å². The summed E-state index contributed by atoms with van der Waals surface area (Å²) >= 11 is 11.7. The molecular weight excluding hydrogens is 295 g/mol. The van der Waals surface area contributed by atoms with E-state index in [9.17, 15) is 4.79 Å². The molecule has 1 unspecified atom stereocenters. The van der Waals surface area contributed by atoms with Crippen molar-refractivity contribution < 1.29 is 4.79 Å². The summed E-state index contributed by atoms with van der Waals surface area (Å²) in [6.45, 7) is 2.43. The van der Waals surface area contributed by atoms with Gasteiger partial charge in [-0.15, -0.1) is 12.4 Å². The van der Waals surface area contributed by atoms with Gasteiger partial charge in [0.05, 0.1) is 16.1 Å². The molecule has 0 saturated carbocycles. The van der Waals surface area contributed by atoms with Crippen molar-refractivity contribution in [3.63, 3.8) is 0 Å². The van der Waals surface area contributed by atoms with Crippen molar-refractivity contribution in [1.29, 1.82) is 0 Å². The second-order valence-electron chi connectivity index (χ2n) is 3.85. The second kappa shape index (κ2) is 8.59.